The molecule has 0 saturated carbocycles. The molecule has 1 unspecified atom stereocenters. The molecule has 1 saturated heterocycles. The van der Waals surface area contributed by atoms with E-state index in [0.717, 1.165) is 0 Å². The molecule has 0 aromatic carbocycles. The molecule has 5 nitrogen and oxygen atoms in total. The highest BCUT2D eigenvalue weighted by molar-refractivity contribution is 5.69. The van der Waals surface area contributed by atoms with Crippen LogP contribution in [0.15, 0.2) is 0 Å². The summed E-state index contributed by atoms with van der Waals surface area (Å²) >= 11 is 0. The van der Waals surface area contributed by atoms with Crippen molar-refractivity contribution in [1.29, 1.82) is 0 Å². The predicted octanol–water partition coefficient (Wildman–Crippen LogP) is 3.08. The Bertz CT molecular complexity index is 379. The maximum Gasteiger partial charge on any atom is 0.307 e. The molecule has 0 N–H and O–H groups in total. The summed E-state index contributed by atoms with van der Waals surface area (Å²) in [6, 6.07) is 0. The average molecular weight is 329 g/mol. The van der Waals surface area contributed by atoms with E-state index in [1.165, 1.54) is 0 Å². The van der Waals surface area contributed by atoms with Gasteiger partial charge in [-0.3, -0.25) is 4.79 Å². The molecule has 0 spiro atoms. The van der Waals surface area contributed by atoms with Gasteiger partial charge in [0.2, 0.25) is 0 Å². The van der Waals surface area contributed by atoms with Crippen molar-refractivity contribution in [3.8, 4) is 0 Å². The molecule has 5 heteroatoms. The van der Waals surface area contributed by atoms with E-state index in [0.29, 0.717) is 32.6 Å². The molecule has 0 amide bonds. The molecule has 0 aromatic heterocycles. The van der Waals surface area contributed by atoms with Gasteiger partial charge in [0.25, 0.3) is 0 Å². The van der Waals surface area contributed by atoms with Crippen molar-refractivity contribution in [3.05, 3.63) is 0 Å². The normalized spacial score (nSPS) is 21.7. The summed E-state index contributed by atoms with van der Waals surface area (Å²) in [4.78, 5) is 13.6. The Kier molecular flexibility index (Phi) is 6.64. The molecular formula is C18H35NO4. The number of esters is 1. The third-order valence-electron chi connectivity index (χ3n) is 4.25. The summed E-state index contributed by atoms with van der Waals surface area (Å²) < 4.78 is 17.8. The molecule has 23 heavy (non-hydrogen) atoms. The lowest BCUT2D eigenvalue weighted by Gasteiger charge is -2.49. The van der Waals surface area contributed by atoms with Crippen LogP contribution >= 0.6 is 0 Å². The molecule has 0 aromatic rings. The van der Waals surface area contributed by atoms with Gasteiger partial charge in [-0.15, -0.1) is 0 Å². The van der Waals surface area contributed by atoms with Gasteiger partial charge in [0.15, 0.2) is 5.79 Å². The Morgan fingerprint density at radius 2 is 1.74 bits per heavy atom. The van der Waals surface area contributed by atoms with Crippen molar-refractivity contribution in [3.63, 3.8) is 0 Å². The topological polar surface area (TPSA) is 48.0 Å². The SMILES string of the molecule is CN(C)CCC(=O)OCCC1COC(C(C)(C)C)(C(C)(C)C)O1. The maximum absolute atomic E-state index is 11.6. The third-order valence-corrected chi connectivity index (χ3v) is 4.25. The van der Waals surface area contributed by atoms with Crippen molar-refractivity contribution < 1.29 is 19.0 Å². The average Bonchev–Trinajstić information content (AvgIpc) is 2.81. The monoisotopic (exact) mass is 329 g/mol. The van der Waals surface area contributed by atoms with Crippen molar-refractivity contribution >= 4 is 5.97 Å². The first-order chi connectivity index (χ1) is 10.4. The predicted molar refractivity (Wildman–Crippen MR) is 91.2 cm³/mol. The van der Waals surface area contributed by atoms with Gasteiger partial charge >= 0.3 is 5.97 Å². The van der Waals surface area contributed by atoms with Crippen LogP contribution in [-0.4, -0.2) is 56.6 Å². The molecule has 1 aliphatic rings. The zero-order chi connectivity index (χ0) is 17.9. The van der Waals surface area contributed by atoms with Crippen LogP contribution < -0.4 is 0 Å². The molecule has 1 aliphatic heterocycles. The molecule has 0 aliphatic carbocycles. The van der Waals surface area contributed by atoms with Gasteiger partial charge in [0.05, 0.1) is 25.7 Å². The maximum atomic E-state index is 11.6. The Balaban J connectivity index is 2.49. The lowest BCUT2D eigenvalue weighted by Crippen LogP contribution is -2.54. The van der Waals surface area contributed by atoms with Crippen LogP contribution in [0, 0.1) is 10.8 Å². The van der Waals surface area contributed by atoms with Crippen LogP contribution in [0.4, 0.5) is 0 Å². The van der Waals surface area contributed by atoms with Gasteiger partial charge in [-0.05, 0) is 14.1 Å². The van der Waals surface area contributed by atoms with Crippen LogP contribution in [-0.2, 0) is 19.0 Å². The first-order valence-corrected chi connectivity index (χ1v) is 8.51. The second-order valence-electron chi connectivity index (χ2n) is 8.73. The van der Waals surface area contributed by atoms with Crippen molar-refractivity contribution in [1.82, 2.24) is 4.90 Å². The van der Waals surface area contributed by atoms with Crippen LogP contribution in [0.2, 0.25) is 0 Å². The first kappa shape index (κ1) is 20.4. The molecular weight excluding hydrogens is 294 g/mol. The molecule has 1 rings (SSSR count). The van der Waals surface area contributed by atoms with E-state index < -0.39 is 5.79 Å². The van der Waals surface area contributed by atoms with Crippen LogP contribution in [0.1, 0.15) is 54.4 Å². The highest BCUT2D eigenvalue weighted by Gasteiger charge is 2.57. The molecule has 136 valence electrons. The number of nitrogens with zero attached hydrogens (tertiary/aromatic N) is 1. The number of carbonyl (C=O) groups is 1. The molecule has 1 heterocycles. The van der Waals surface area contributed by atoms with Gasteiger partial charge in [0.1, 0.15) is 0 Å². The summed E-state index contributed by atoms with van der Waals surface area (Å²) in [5.41, 5.74) is -0.273. The van der Waals surface area contributed by atoms with E-state index >= 15 is 0 Å². The Hall–Kier alpha value is -0.650. The van der Waals surface area contributed by atoms with Gasteiger partial charge < -0.3 is 19.1 Å². The van der Waals surface area contributed by atoms with E-state index in [4.69, 9.17) is 14.2 Å². The van der Waals surface area contributed by atoms with Crippen LogP contribution in [0.5, 0.6) is 0 Å². The van der Waals surface area contributed by atoms with Crippen molar-refractivity contribution in [2.24, 2.45) is 10.8 Å². The molecule has 1 atom stereocenters. The van der Waals surface area contributed by atoms with E-state index in [1.807, 2.05) is 19.0 Å². The quantitative estimate of drug-likeness (QED) is 0.701. The zero-order valence-corrected chi connectivity index (χ0v) is 16.2. The summed E-state index contributed by atoms with van der Waals surface area (Å²) in [6.07, 6.45) is 1.06. The third kappa shape index (κ3) is 5.16. The lowest BCUT2D eigenvalue weighted by molar-refractivity contribution is -0.287. The van der Waals surface area contributed by atoms with E-state index in [2.05, 4.69) is 41.5 Å². The molecule has 1 fully saturated rings. The summed E-state index contributed by atoms with van der Waals surface area (Å²) in [6.45, 7) is 14.5. The van der Waals surface area contributed by atoms with Crippen molar-refractivity contribution in [2.75, 3.05) is 33.9 Å². The van der Waals surface area contributed by atoms with Crippen LogP contribution in [0.3, 0.4) is 0 Å². The Morgan fingerprint density at radius 1 is 1.17 bits per heavy atom. The lowest BCUT2D eigenvalue weighted by atomic mass is 9.70. The smallest absolute Gasteiger partial charge is 0.307 e. The van der Waals surface area contributed by atoms with Gasteiger partial charge in [0, 0.05) is 23.8 Å². The van der Waals surface area contributed by atoms with Crippen molar-refractivity contribution in [2.45, 2.75) is 66.3 Å². The van der Waals surface area contributed by atoms with Gasteiger partial charge in [-0.2, -0.15) is 0 Å². The second-order valence-corrected chi connectivity index (χ2v) is 8.73. The standard InChI is InChI=1S/C18H35NO4/c1-16(2,3)18(17(4,5)6)22-13-14(23-18)10-12-21-15(20)9-11-19(7)8/h14H,9-13H2,1-8H3. The Morgan fingerprint density at radius 3 is 2.17 bits per heavy atom. The Labute approximate surface area is 141 Å². The fourth-order valence-corrected chi connectivity index (χ4v) is 3.26. The number of ether oxygens (including phenoxy) is 3. The minimum atomic E-state index is -0.625. The zero-order valence-electron chi connectivity index (χ0n) is 16.2. The summed E-state index contributed by atoms with van der Waals surface area (Å²) in [7, 11) is 3.88. The van der Waals surface area contributed by atoms with E-state index in [1.54, 1.807) is 0 Å². The molecule has 0 bridgehead atoms. The van der Waals surface area contributed by atoms with Gasteiger partial charge in [-0.25, -0.2) is 0 Å². The fraction of sp³-hybridized carbons (Fsp3) is 0.944. The number of carbonyl (C=O) groups excluding carboxylic acids is 1. The number of rotatable bonds is 6. The summed E-state index contributed by atoms with van der Waals surface area (Å²) in [5, 5.41) is 0. The fourth-order valence-electron chi connectivity index (χ4n) is 3.26. The largest absolute Gasteiger partial charge is 0.466 e. The highest BCUT2D eigenvalue weighted by Crippen LogP contribution is 2.51. The second kappa shape index (κ2) is 7.49. The van der Waals surface area contributed by atoms with E-state index in [9.17, 15) is 4.79 Å². The minimum absolute atomic E-state index is 0.0323. The highest BCUT2D eigenvalue weighted by atomic mass is 16.7. The van der Waals surface area contributed by atoms with E-state index in [-0.39, 0.29) is 22.9 Å². The number of hydrogen-bond acceptors (Lipinski definition) is 5. The van der Waals surface area contributed by atoms with Crippen LogP contribution in [0.25, 0.3) is 0 Å². The van der Waals surface area contributed by atoms with Gasteiger partial charge in [-0.1, -0.05) is 41.5 Å². The minimum Gasteiger partial charge on any atom is -0.466 e. The molecule has 0 radical (unpaired) electrons. The number of hydrogen-bond donors (Lipinski definition) is 0. The summed E-state index contributed by atoms with van der Waals surface area (Å²) in [5.74, 6) is -0.782. The first-order valence-electron chi connectivity index (χ1n) is 8.51.